The molecule has 0 unspecified atom stereocenters. The minimum Gasteiger partial charge on any atom is -0.465 e. The number of rotatable bonds is 5. The summed E-state index contributed by atoms with van der Waals surface area (Å²) in [6.07, 6.45) is -0.793. The zero-order chi connectivity index (χ0) is 32.8. The van der Waals surface area contributed by atoms with E-state index in [-0.39, 0.29) is 47.9 Å². The molecule has 3 rings (SSSR count). The average molecular weight is 607 g/mol. The fraction of sp³-hybridized carbons (Fsp3) is 0.727. The number of hydrogen-bond donors (Lipinski definition) is 1. The summed E-state index contributed by atoms with van der Waals surface area (Å²) < 4.78 is 28.8. The second-order valence-corrected chi connectivity index (χ2v) is 15.7. The molecule has 0 radical (unpaired) electrons. The lowest BCUT2D eigenvalue weighted by atomic mass is 9.85. The maximum Gasteiger partial charge on any atom is 0.408 e. The van der Waals surface area contributed by atoms with Crippen LogP contribution in [0.2, 0.25) is 0 Å². The van der Waals surface area contributed by atoms with Crippen molar-refractivity contribution in [3.63, 3.8) is 0 Å². The molecule has 5 atom stereocenters. The van der Waals surface area contributed by atoms with Crippen LogP contribution in [0, 0.1) is 23.0 Å². The van der Waals surface area contributed by atoms with Crippen molar-refractivity contribution in [2.75, 3.05) is 26.2 Å². The quantitative estimate of drug-likeness (QED) is 0.458. The first kappa shape index (κ1) is 34.7. The Balaban J connectivity index is 1.90. The van der Waals surface area contributed by atoms with Crippen LogP contribution in [0.25, 0.3) is 0 Å². The predicted octanol–water partition coefficient (Wildman–Crippen LogP) is 5.81. The lowest BCUT2D eigenvalue weighted by Crippen LogP contribution is -2.65. The van der Waals surface area contributed by atoms with Crippen molar-refractivity contribution in [2.45, 2.75) is 118 Å². The molecule has 1 aromatic carbocycles. The van der Waals surface area contributed by atoms with Gasteiger partial charge in [-0.25, -0.2) is 13.6 Å². The molecule has 0 aromatic heterocycles. The largest absolute Gasteiger partial charge is 0.465 e. The molecule has 0 bridgehead atoms. The highest BCUT2D eigenvalue weighted by atomic mass is 19.1. The molecule has 1 aromatic rings. The summed E-state index contributed by atoms with van der Waals surface area (Å²) in [6, 6.07) is 1.99. The van der Waals surface area contributed by atoms with Gasteiger partial charge in [-0.1, -0.05) is 26.8 Å². The zero-order valence-electron chi connectivity index (χ0n) is 27.9. The van der Waals surface area contributed by atoms with E-state index in [1.165, 1.54) is 17.0 Å². The summed E-state index contributed by atoms with van der Waals surface area (Å²) in [5.74, 6) is -2.66. The monoisotopic (exact) mass is 606 g/mol. The van der Waals surface area contributed by atoms with Gasteiger partial charge in [-0.15, -0.1) is 0 Å². The molecule has 8 nitrogen and oxygen atoms in total. The lowest BCUT2D eigenvalue weighted by Gasteiger charge is -2.48. The molecule has 0 saturated carbocycles. The van der Waals surface area contributed by atoms with Crippen molar-refractivity contribution in [3.05, 3.63) is 35.4 Å². The van der Waals surface area contributed by atoms with E-state index in [4.69, 9.17) is 0 Å². The van der Waals surface area contributed by atoms with Gasteiger partial charge in [-0.2, -0.15) is 0 Å². The molecule has 242 valence electrons. The van der Waals surface area contributed by atoms with Gasteiger partial charge in [-0.3, -0.25) is 19.4 Å². The molecule has 2 saturated heterocycles. The van der Waals surface area contributed by atoms with Crippen LogP contribution in [0.3, 0.4) is 0 Å². The molecular weight excluding hydrogens is 554 g/mol. The minimum absolute atomic E-state index is 0.111. The van der Waals surface area contributed by atoms with E-state index in [2.05, 4.69) is 25.7 Å². The fourth-order valence-electron chi connectivity index (χ4n) is 6.62. The van der Waals surface area contributed by atoms with Crippen molar-refractivity contribution in [3.8, 4) is 0 Å². The Morgan fingerprint density at radius 1 is 0.907 bits per heavy atom. The van der Waals surface area contributed by atoms with Gasteiger partial charge >= 0.3 is 6.09 Å². The van der Waals surface area contributed by atoms with Crippen LogP contribution in [0.1, 0.15) is 94.1 Å². The Hall–Kier alpha value is -2.75. The maximum absolute atomic E-state index is 15.0. The molecule has 1 N–H and O–H groups in total. The topological polar surface area (TPSA) is 84.4 Å². The summed E-state index contributed by atoms with van der Waals surface area (Å²) in [5, 5.41) is 10.2. The maximum atomic E-state index is 15.0. The Kier molecular flexibility index (Phi) is 9.96. The number of carboxylic acid groups (broad SMARTS) is 1. The molecule has 2 fully saturated rings. The van der Waals surface area contributed by atoms with Gasteiger partial charge in [0.05, 0.1) is 5.92 Å². The highest BCUT2D eigenvalue weighted by molar-refractivity contribution is 5.87. The van der Waals surface area contributed by atoms with E-state index in [9.17, 15) is 23.9 Å². The molecule has 2 aliphatic rings. The Labute approximate surface area is 256 Å². The van der Waals surface area contributed by atoms with Crippen LogP contribution >= 0.6 is 0 Å². The number of hydrogen-bond acceptors (Lipinski definition) is 4. The van der Waals surface area contributed by atoms with Crippen LogP contribution in [-0.2, 0) is 9.59 Å². The minimum atomic E-state index is -1.15. The van der Waals surface area contributed by atoms with Crippen molar-refractivity contribution in [1.29, 1.82) is 0 Å². The molecule has 43 heavy (non-hydrogen) atoms. The number of carbonyl (C=O) groups excluding carboxylic acids is 2. The fourth-order valence-corrected chi connectivity index (χ4v) is 6.62. The van der Waals surface area contributed by atoms with Crippen LogP contribution in [0.15, 0.2) is 18.2 Å². The summed E-state index contributed by atoms with van der Waals surface area (Å²) in [6.45, 7) is 22.7. The van der Waals surface area contributed by atoms with Gasteiger partial charge < -0.3 is 14.9 Å². The van der Waals surface area contributed by atoms with Gasteiger partial charge in [0.1, 0.15) is 17.7 Å². The summed E-state index contributed by atoms with van der Waals surface area (Å²) >= 11 is 0. The molecular formula is C33H52F2N4O4. The summed E-state index contributed by atoms with van der Waals surface area (Å²) in [7, 11) is 0. The van der Waals surface area contributed by atoms with Crippen LogP contribution < -0.4 is 0 Å². The Morgan fingerprint density at radius 2 is 1.47 bits per heavy atom. The number of nitrogens with zero attached hydrogens (tertiary/aromatic N) is 4. The van der Waals surface area contributed by atoms with Gasteiger partial charge in [0.2, 0.25) is 11.8 Å². The van der Waals surface area contributed by atoms with E-state index < -0.39 is 41.1 Å². The first-order valence-corrected chi connectivity index (χ1v) is 15.4. The Bertz CT molecular complexity index is 1200. The van der Waals surface area contributed by atoms with Crippen molar-refractivity contribution in [1.82, 2.24) is 19.6 Å². The molecule has 0 spiro atoms. The number of likely N-dealkylation sites (tertiary alicyclic amines) is 1. The molecule has 3 amide bonds. The van der Waals surface area contributed by atoms with E-state index >= 15 is 4.39 Å². The lowest BCUT2D eigenvalue weighted by molar-refractivity contribution is -0.152. The van der Waals surface area contributed by atoms with Gasteiger partial charge in [0.15, 0.2) is 0 Å². The first-order valence-electron chi connectivity index (χ1n) is 15.4. The standard InChI is InChI=1S/C33H52F2N4O4/c1-20-17-38(29(41)27(15-31(3,4)5)39(30(42)43)33(9,10)11)21(2)16-37(20)28(40)25-19-36(32(6,7)8)18-24(25)23-13-12-22(34)14-26(23)35/h12-14,20-21,24-25,27H,15-19H2,1-11H3,(H,42,43)/t20-,21+,24-,25+,27-/m0/s1. The third-order valence-electron chi connectivity index (χ3n) is 8.83. The average Bonchev–Trinajstić information content (AvgIpc) is 3.28. The van der Waals surface area contributed by atoms with E-state index in [0.29, 0.717) is 25.1 Å². The van der Waals surface area contributed by atoms with Gasteiger partial charge in [0, 0.05) is 61.3 Å². The third kappa shape index (κ3) is 7.86. The Morgan fingerprint density at radius 3 is 1.95 bits per heavy atom. The molecule has 2 aliphatic heterocycles. The number of halogens is 2. The molecule has 0 aliphatic carbocycles. The van der Waals surface area contributed by atoms with E-state index in [1.54, 1.807) is 30.6 Å². The van der Waals surface area contributed by atoms with Crippen LogP contribution in [-0.4, -0.2) is 98.0 Å². The summed E-state index contributed by atoms with van der Waals surface area (Å²) in [5.41, 5.74) is -1.02. The number of carbonyl (C=O) groups is 3. The number of benzene rings is 1. The number of piperazine rings is 1. The van der Waals surface area contributed by atoms with E-state index in [1.807, 2.05) is 34.6 Å². The second kappa shape index (κ2) is 12.3. The second-order valence-electron chi connectivity index (χ2n) is 15.7. The van der Waals surface area contributed by atoms with Gasteiger partial charge in [-0.05, 0) is 78.9 Å². The number of amides is 3. The highest BCUT2D eigenvalue weighted by Gasteiger charge is 2.48. The molecule has 10 heteroatoms. The molecule has 2 heterocycles. The zero-order valence-corrected chi connectivity index (χ0v) is 27.9. The van der Waals surface area contributed by atoms with Crippen molar-refractivity contribution < 1.29 is 28.3 Å². The highest BCUT2D eigenvalue weighted by Crippen LogP contribution is 2.39. The van der Waals surface area contributed by atoms with Gasteiger partial charge in [0.25, 0.3) is 0 Å². The predicted molar refractivity (Wildman–Crippen MR) is 164 cm³/mol. The van der Waals surface area contributed by atoms with Crippen LogP contribution in [0.4, 0.5) is 13.6 Å². The van der Waals surface area contributed by atoms with Crippen molar-refractivity contribution in [2.24, 2.45) is 11.3 Å². The first-order chi connectivity index (χ1) is 19.5. The van der Waals surface area contributed by atoms with Crippen molar-refractivity contribution >= 4 is 17.9 Å². The SMILES string of the molecule is C[C@@H]1CN(C(=O)[C@@H]2CN(C(C)(C)C)C[C@H]2c2ccc(F)cc2F)[C@@H](C)CN1C(=O)[C@H](CC(C)(C)C)N(C(=O)O)C(C)(C)C. The van der Waals surface area contributed by atoms with Crippen LogP contribution in [0.5, 0.6) is 0 Å². The normalized spacial score (nSPS) is 24.7. The van der Waals surface area contributed by atoms with E-state index in [0.717, 1.165) is 6.07 Å². The third-order valence-corrected chi connectivity index (χ3v) is 8.83. The summed E-state index contributed by atoms with van der Waals surface area (Å²) in [4.78, 5) is 47.8. The smallest absolute Gasteiger partial charge is 0.408 e.